The predicted molar refractivity (Wildman–Crippen MR) is 117 cm³/mol. The van der Waals surface area contributed by atoms with Crippen LogP contribution in [0.15, 0.2) is 65.7 Å². The molecule has 1 aromatic carbocycles. The third-order valence-electron chi connectivity index (χ3n) is 4.89. The van der Waals surface area contributed by atoms with Crippen LogP contribution in [0.5, 0.6) is 0 Å². The van der Waals surface area contributed by atoms with Gasteiger partial charge < -0.3 is 15.1 Å². The second-order valence-corrected chi connectivity index (χ2v) is 7.36. The van der Waals surface area contributed by atoms with E-state index in [0.717, 1.165) is 31.9 Å². The number of hydrogen-bond donors (Lipinski definition) is 1. The van der Waals surface area contributed by atoms with E-state index in [2.05, 4.69) is 25.2 Å². The number of amides is 1. The van der Waals surface area contributed by atoms with Crippen LogP contribution in [0.1, 0.15) is 0 Å². The quantitative estimate of drug-likeness (QED) is 0.676. The van der Waals surface area contributed by atoms with Crippen LogP contribution >= 0.6 is 11.6 Å². The maximum Gasteiger partial charge on any atom is 0.267 e. The van der Waals surface area contributed by atoms with E-state index in [1.807, 2.05) is 24.3 Å². The zero-order valence-electron chi connectivity index (χ0n) is 16.2. The maximum atomic E-state index is 12.3. The summed E-state index contributed by atoms with van der Waals surface area (Å²) >= 11 is 6.10. The lowest BCUT2D eigenvalue weighted by Crippen LogP contribution is -2.47. The van der Waals surface area contributed by atoms with E-state index in [0.29, 0.717) is 16.5 Å². The van der Waals surface area contributed by atoms with Gasteiger partial charge in [-0.05, 0) is 36.4 Å². The van der Waals surface area contributed by atoms with Gasteiger partial charge in [-0.1, -0.05) is 17.7 Å². The van der Waals surface area contributed by atoms with E-state index >= 15 is 0 Å². The second kappa shape index (κ2) is 8.96. The number of hydrogen-bond acceptors (Lipinski definition) is 6. The summed E-state index contributed by atoms with van der Waals surface area (Å²) in [6.07, 6.45) is 3.17. The number of piperazine rings is 1. The molecule has 1 amide bonds. The SMILES string of the molecule is O=C(Cn1nc(N2CCN(c3cccc(Cl)c3)CC2)ccc1=O)Nc1ccncc1. The number of carbonyl (C=O) groups is 1. The van der Waals surface area contributed by atoms with Crippen molar-refractivity contribution in [2.45, 2.75) is 6.54 Å². The molecule has 3 aromatic rings. The summed E-state index contributed by atoms with van der Waals surface area (Å²) in [5.74, 6) is 0.357. The Morgan fingerprint density at radius 3 is 2.47 bits per heavy atom. The standard InChI is InChI=1S/C21H21ClN6O2/c22-16-2-1-3-18(14-16)26-10-12-27(13-11-26)19-4-5-21(30)28(25-19)15-20(29)24-17-6-8-23-9-7-17/h1-9,14H,10-13,15H2,(H,23,24,29). The Morgan fingerprint density at radius 1 is 1.00 bits per heavy atom. The Kier molecular flexibility index (Phi) is 5.94. The van der Waals surface area contributed by atoms with Gasteiger partial charge in [0, 0.05) is 61.0 Å². The van der Waals surface area contributed by atoms with Crippen LogP contribution in [0, 0.1) is 0 Å². The Hall–Kier alpha value is -3.39. The van der Waals surface area contributed by atoms with E-state index in [-0.39, 0.29) is 18.0 Å². The molecule has 0 saturated carbocycles. The van der Waals surface area contributed by atoms with Crippen molar-refractivity contribution in [2.75, 3.05) is 41.3 Å². The van der Waals surface area contributed by atoms with Gasteiger partial charge in [0.2, 0.25) is 5.91 Å². The number of rotatable bonds is 5. The monoisotopic (exact) mass is 424 g/mol. The Labute approximate surface area is 178 Å². The molecular weight excluding hydrogens is 404 g/mol. The smallest absolute Gasteiger partial charge is 0.267 e. The Morgan fingerprint density at radius 2 is 1.73 bits per heavy atom. The lowest BCUT2D eigenvalue weighted by molar-refractivity contribution is -0.117. The van der Waals surface area contributed by atoms with Crippen LogP contribution in [0.3, 0.4) is 0 Å². The molecule has 4 rings (SSSR count). The minimum Gasteiger partial charge on any atom is -0.368 e. The van der Waals surface area contributed by atoms with E-state index in [1.54, 1.807) is 30.6 Å². The number of pyridine rings is 1. The molecule has 1 aliphatic rings. The minimum absolute atomic E-state index is 0.155. The highest BCUT2D eigenvalue weighted by Crippen LogP contribution is 2.22. The molecular formula is C21H21ClN6O2. The first-order chi connectivity index (χ1) is 14.6. The van der Waals surface area contributed by atoms with E-state index in [4.69, 9.17) is 11.6 Å². The fraction of sp³-hybridized carbons (Fsp3) is 0.238. The molecule has 1 fully saturated rings. The second-order valence-electron chi connectivity index (χ2n) is 6.93. The van der Waals surface area contributed by atoms with Crippen LogP contribution in [0.2, 0.25) is 5.02 Å². The first-order valence-electron chi connectivity index (χ1n) is 9.62. The van der Waals surface area contributed by atoms with Crippen molar-refractivity contribution in [1.29, 1.82) is 0 Å². The fourth-order valence-electron chi connectivity index (χ4n) is 3.36. The molecule has 1 saturated heterocycles. The van der Waals surface area contributed by atoms with Gasteiger partial charge in [-0.2, -0.15) is 5.10 Å². The zero-order valence-corrected chi connectivity index (χ0v) is 17.0. The molecule has 1 N–H and O–H groups in total. The van der Waals surface area contributed by atoms with Crippen molar-refractivity contribution >= 4 is 34.7 Å². The van der Waals surface area contributed by atoms with Gasteiger partial charge in [0.25, 0.3) is 5.56 Å². The number of aromatic nitrogens is 3. The van der Waals surface area contributed by atoms with E-state index < -0.39 is 0 Å². The average Bonchev–Trinajstić information content (AvgIpc) is 2.76. The summed E-state index contributed by atoms with van der Waals surface area (Å²) < 4.78 is 1.19. The normalized spacial score (nSPS) is 13.9. The number of halogens is 1. The summed E-state index contributed by atoms with van der Waals surface area (Å²) in [4.78, 5) is 32.8. The highest BCUT2D eigenvalue weighted by Gasteiger charge is 2.19. The topological polar surface area (TPSA) is 83.4 Å². The minimum atomic E-state index is -0.321. The highest BCUT2D eigenvalue weighted by atomic mass is 35.5. The molecule has 3 heterocycles. The van der Waals surface area contributed by atoms with Crippen LogP contribution in [-0.2, 0) is 11.3 Å². The van der Waals surface area contributed by atoms with Gasteiger partial charge in [-0.25, -0.2) is 4.68 Å². The van der Waals surface area contributed by atoms with Crippen LogP contribution in [0.25, 0.3) is 0 Å². The van der Waals surface area contributed by atoms with Crippen molar-refractivity contribution in [3.05, 3.63) is 76.3 Å². The maximum absolute atomic E-state index is 12.3. The van der Waals surface area contributed by atoms with Crippen molar-refractivity contribution in [2.24, 2.45) is 0 Å². The summed E-state index contributed by atoms with van der Waals surface area (Å²) in [7, 11) is 0. The first kappa shape index (κ1) is 19.9. The molecule has 9 heteroatoms. The third-order valence-corrected chi connectivity index (χ3v) is 5.12. The lowest BCUT2D eigenvalue weighted by Gasteiger charge is -2.36. The van der Waals surface area contributed by atoms with Gasteiger partial charge in [-0.3, -0.25) is 14.6 Å². The summed E-state index contributed by atoms with van der Waals surface area (Å²) in [5, 5.41) is 7.86. The van der Waals surface area contributed by atoms with E-state index in [9.17, 15) is 9.59 Å². The highest BCUT2D eigenvalue weighted by molar-refractivity contribution is 6.30. The molecule has 2 aromatic heterocycles. The Balaban J connectivity index is 1.41. The number of carbonyl (C=O) groups excluding carboxylic acids is 1. The van der Waals surface area contributed by atoms with Gasteiger partial charge in [-0.15, -0.1) is 0 Å². The average molecular weight is 425 g/mol. The van der Waals surface area contributed by atoms with Gasteiger partial charge in [0.15, 0.2) is 0 Å². The first-order valence-corrected chi connectivity index (χ1v) is 10.00. The summed E-state index contributed by atoms with van der Waals surface area (Å²) in [5.41, 5.74) is 1.39. The van der Waals surface area contributed by atoms with Crippen LogP contribution < -0.4 is 20.7 Å². The fourth-order valence-corrected chi connectivity index (χ4v) is 3.54. The number of benzene rings is 1. The van der Waals surface area contributed by atoms with Crippen LogP contribution in [-0.4, -0.2) is 46.9 Å². The predicted octanol–water partition coefficient (Wildman–Crippen LogP) is 2.26. The third kappa shape index (κ3) is 4.77. The molecule has 0 atom stereocenters. The molecule has 0 bridgehead atoms. The van der Waals surface area contributed by atoms with Crippen LogP contribution in [0.4, 0.5) is 17.2 Å². The molecule has 154 valence electrons. The number of nitrogens with zero attached hydrogens (tertiary/aromatic N) is 5. The summed E-state index contributed by atoms with van der Waals surface area (Å²) in [6, 6.07) is 14.3. The Bertz CT molecular complexity index is 1080. The van der Waals surface area contributed by atoms with Crippen molar-refractivity contribution in [3.63, 3.8) is 0 Å². The van der Waals surface area contributed by atoms with Crippen molar-refractivity contribution < 1.29 is 4.79 Å². The van der Waals surface area contributed by atoms with Gasteiger partial charge >= 0.3 is 0 Å². The molecule has 8 nitrogen and oxygen atoms in total. The lowest BCUT2D eigenvalue weighted by atomic mass is 10.2. The largest absolute Gasteiger partial charge is 0.368 e. The molecule has 0 unspecified atom stereocenters. The molecule has 0 aliphatic carbocycles. The number of nitrogens with one attached hydrogen (secondary N) is 1. The molecule has 0 spiro atoms. The molecule has 0 radical (unpaired) electrons. The van der Waals surface area contributed by atoms with E-state index in [1.165, 1.54) is 10.7 Å². The number of anilines is 3. The molecule has 30 heavy (non-hydrogen) atoms. The zero-order chi connectivity index (χ0) is 20.9. The molecule has 1 aliphatic heterocycles. The van der Waals surface area contributed by atoms with Gasteiger partial charge in [0.1, 0.15) is 12.4 Å². The van der Waals surface area contributed by atoms with Gasteiger partial charge in [0.05, 0.1) is 0 Å². The van der Waals surface area contributed by atoms with Crippen molar-refractivity contribution in [1.82, 2.24) is 14.8 Å². The van der Waals surface area contributed by atoms with Crippen molar-refractivity contribution in [3.8, 4) is 0 Å². The summed E-state index contributed by atoms with van der Waals surface area (Å²) in [6.45, 7) is 2.96.